The Kier molecular flexibility index (Phi) is 6.80. The first kappa shape index (κ1) is 22.1. The summed E-state index contributed by atoms with van der Waals surface area (Å²) in [6.45, 7) is 3.20. The third kappa shape index (κ3) is 5.20. The predicted octanol–water partition coefficient (Wildman–Crippen LogP) is 3.95. The number of likely N-dealkylation sites (tertiary alicyclic amines) is 2. The highest BCUT2D eigenvalue weighted by atomic mass is 35.5. The number of carbonyl (C=O) groups excluding carboxylic acids is 2. The maximum atomic E-state index is 13.2. The molecule has 31 heavy (non-hydrogen) atoms. The summed E-state index contributed by atoms with van der Waals surface area (Å²) >= 11 is 11.8. The van der Waals surface area contributed by atoms with Gasteiger partial charge in [-0.05, 0) is 61.2 Å². The quantitative estimate of drug-likeness (QED) is 0.729. The number of benzene rings is 2. The van der Waals surface area contributed by atoms with Gasteiger partial charge in [-0.15, -0.1) is 0 Å². The molecule has 0 spiro atoms. The van der Waals surface area contributed by atoms with E-state index in [-0.39, 0.29) is 24.2 Å². The van der Waals surface area contributed by atoms with Crippen molar-refractivity contribution in [3.63, 3.8) is 0 Å². The van der Waals surface area contributed by atoms with Gasteiger partial charge in [0.1, 0.15) is 5.82 Å². The summed E-state index contributed by atoms with van der Waals surface area (Å²) in [6.07, 6.45) is 1.96. The zero-order chi connectivity index (χ0) is 22.0. The van der Waals surface area contributed by atoms with E-state index in [1.54, 1.807) is 12.1 Å². The largest absolute Gasteiger partial charge is 0.343 e. The second-order valence-electron chi connectivity index (χ2n) is 8.13. The molecule has 2 heterocycles. The third-order valence-electron chi connectivity index (χ3n) is 6.18. The molecular weight excluding hydrogens is 440 g/mol. The lowest BCUT2D eigenvalue weighted by atomic mass is 9.98. The Morgan fingerprint density at radius 3 is 2.52 bits per heavy atom. The fourth-order valence-corrected chi connectivity index (χ4v) is 4.70. The molecule has 0 aromatic heterocycles. The average Bonchev–Trinajstić information content (AvgIpc) is 3.44. The van der Waals surface area contributed by atoms with Crippen LogP contribution in [0.25, 0.3) is 0 Å². The van der Waals surface area contributed by atoms with Crippen LogP contribution in [0.1, 0.15) is 34.7 Å². The van der Waals surface area contributed by atoms with Crippen LogP contribution in [0.5, 0.6) is 0 Å². The lowest BCUT2D eigenvalue weighted by molar-refractivity contribution is -0.129. The molecule has 2 aromatic carbocycles. The maximum absolute atomic E-state index is 13.2. The zero-order valence-corrected chi connectivity index (χ0v) is 18.5. The summed E-state index contributed by atoms with van der Waals surface area (Å²) in [7, 11) is 0. The van der Waals surface area contributed by atoms with Crippen LogP contribution >= 0.6 is 23.2 Å². The van der Waals surface area contributed by atoms with Crippen molar-refractivity contribution in [2.75, 3.05) is 32.7 Å². The van der Waals surface area contributed by atoms with E-state index < -0.39 is 0 Å². The molecule has 2 atom stereocenters. The lowest BCUT2D eigenvalue weighted by Gasteiger charge is -2.24. The molecule has 1 N–H and O–H groups in total. The third-order valence-corrected chi connectivity index (χ3v) is 6.91. The molecule has 0 bridgehead atoms. The summed E-state index contributed by atoms with van der Waals surface area (Å²) in [5, 5.41) is 3.34. The number of rotatable bonds is 5. The van der Waals surface area contributed by atoms with E-state index in [1.165, 1.54) is 23.8 Å². The number of nitrogens with zero attached hydrogens (tertiary/aromatic N) is 2. The Labute approximate surface area is 191 Å². The Hall–Kier alpha value is -2.15. The Bertz CT molecular complexity index is 970. The lowest BCUT2D eigenvalue weighted by Crippen LogP contribution is -2.41. The molecular formula is C23H24Cl2FN3O2. The van der Waals surface area contributed by atoms with Crippen LogP contribution in [0.3, 0.4) is 0 Å². The molecule has 2 amide bonds. The van der Waals surface area contributed by atoms with Gasteiger partial charge in [0.2, 0.25) is 5.91 Å². The highest BCUT2D eigenvalue weighted by Crippen LogP contribution is 2.30. The van der Waals surface area contributed by atoms with Crippen molar-refractivity contribution in [2.45, 2.75) is 24.8 Å². The number of carbonyl (C=O) groups is 2. The van der Waals surface area contributed by atoms with Crippen molar-refractivity contribution in [1.82, 2.24) is 15.1 Å². The second-order valence-corrected chi connectivity index (χ2v) is 8.94. The van der Waals surface area contributed by atoms with E-state index in [0.717, 1.165) is 25.9 Å². The Balaban J connectivity index is 1.25. The van der Waals surface area contributed by atoms with Crippen LogP contribution in [-0.2, 0) is 4.79 Å². The number of hydrogen-bond acceptors (Lipinski definition) is 3. The summed E-state index contributed by atoms with van der Waals surface area (Å²) in [6, 6.07) is 11.7. The van der Waals surface area contributed by atoms with Gasteiger partial charge in [-0.1, -0.05) is 35.3 Å². The molecule has 2 saturated heterocycles. The summed E-state index contributed by atoms with van der Waals surface area (Å²) in [4.78, 5) is 29.1. The van der Waals surface area contributed by atoms with E-state index in [4.69, 9.17) is 23.2 Å². The van der Waals surface area contributed by atoms with Crippen molar-refractivity contribution in [2.24, 2.45) is 0 Å². The molecule has 0 aliphatic carbocycles. The van der Waals surface area contributed by atoms with Crippen LogP contribution in [0.2, 0.25) is 10.0 Å². The van der Waals surface area contributed by atoms with E-state index in [0.29, 0.717) is 40.7 Å². The first-order valence-corrected chi connectivity index (χ1v) is 11.2. The fourth-order valence-electron chi connectivity index (χ4n) is 4.40. The van der Waals surface area contributed by atoms with E-state index in [1.807, 2.05) is 17.0 Å². The van der Waals surface area contributed by atoms with Crippen molar-refractivity contribution < 1.29 is 14.0 Å². The van der Waals surface area contributed by atoms with Gasteiger partial charge in [0, 0.05) is 31.2 Å². The average molecular weight is 464 g/mol. The molecule has 5 nitrogen and oxygen atoms in total. The van der Waals surface area contributed by atoms with Gasteiger partial charge < -0.3 is 10.2 Å². The summed E-state index contributed by atoms with van der Waals surface area (Å²) in [5.74, 6) is -0.264. The smallest absolute Gasteiger partial charge is 0.251 e. The molecule has 4 rings (SSSR count). The summed E-state index contributed by atoms with van der Waals surface area (Å²) < 4.78 is 13.2. The normalized spacial score (nSPS) is 21.5. The SMILES string of the molecule is O=C(NCC(=O)N1CCC(N2CCC(c3ccc(F)cc3)C2)C1)c1ccc(Cl)c(Cl)c1. The molecule has 2 unspecified atom stereocenters. The minimum Gasteiger partial charge on any atom is -0.343 e. The molecule has 2 fully saturated rings. The number of halogens is 3. The molecule has 2 aliphatic heterocycles. The first-order valence-electron chi connectivity index (χ1n) is 10.4. The molecule has 2 aromatic rings. The van der Waals surface area contributed by atoms with Gasteiger partial charge in [0.25, 0.3) is 5.91 Å². The van der Waals surface area contributed by atoms with Crippen molar-refractivity contribution in [3.05, 3.63) is 69.5 Å². The Morgan fingerprint density at radius 1 is 1.00 bits per heavy atom. The van der Waals surface area contributed by atoms with Gasteiger partial charge in [-0.2, -0.15) is 0 Å². The minimum absolute atomic E-state index is 0.0516. The van der Waals surface area contributed by atoms with Crippen LogP contribution in [-0.4, -0.2) is 60.4 Å². The minimum atomic E-state index is -0.357. The highest BCUT2D eigenvalue weighted by molar-refractivity contribution is 6.42. The number of nitrogens with one attached hydrogen (secondary N) is 1. The molecule has 164 valence electrons. The van der Waals surface area contributed by atoms with E-state index >= 15 is 0 Å². The Morgan fingerprint density at radius 2 is 1.77 bits per heavy atom. The van der Waals surface area contributed by atoms with E-state index in [9.17, 15) is 14.0 Å². The predicted molar refractivity (Wildman–Crippen MR) is 119 cm³/mol. The van der Waals surface area contributed by atoms with Gasteiger partial charge in [-0.25, -0.2) is 4.39 Å². The van der Waals surface area contributed by atoms with Crippen LogP contribution in [0.15, 0.2) is 42.5 Å². The van der Waals surface area contributed by atoms with Crippen molar-refractivity contribution in [1.29, 1.82) is 0 Å². The van der Waals surface area contributed by atoms with Crippen molar-refractivity contribution in [3.8, 4) is 0 Å². The van der Waals surface area contributed by atoms with Gasteiger partial charge in [0.15, 0.2) is 0 Å². The summed E-state index contributed by atoms with van der Waals surface area (Å²) in [5.41, 5.74) is 1.53. The number of hydrogen-bond donors (Lipinski definition) is 1. The zero-order valence-electron chi connectivity index (χ0n) is 17.0. The van der Waals surface area contributed by atoms with Gasteiger partial charge in [-0.3, -0.25) is 14.5 Å². The topological polar surface area (TPSA) is 52.7 Å². The van der Waals surface area contributed by atoms with Gasteiger partial charge >= 0.3 is 0 Å². The molecule has 0 saturated carbocycles. The van der Waals surface area contributed by atoms with Crippen molar-refractivity contribution >= 4 is 35.0 Å². The molecule has 2 aliphatic rings. The molecule has 0 radical (unpaired) electrons. The van der Waals surface area contributed by atoms with Gasteiger partial charge in [0.05, 0.1) is 16.6 Å². The van der Waals surface area contributed by atoms with Crippen LogP contribution in [0, 0.1) is 5.82 Å². The van der Waals surface area contributed by atoms with Crippen LogP contribution < -0.4 is 5.32 Å². The maximum Gasteiger partial charge on any atom is 0.251 e. The second kappa shape index (κ2) is 9.55. The molecule has 8 heteroatoms. The standard InChI is InChI=1S/C23H24Cl2FN3O2/c24-20-6-3-16(11-21(20)25)23(31)27-12-22(30)29-10-8-19(14-29)28-9-7-17(13-28)15-1-4-18(26)5-2-15/h1-6,11,17,19H,7-10,12-14H2,(H,27,31). The van der Waals surface area contributed by atoms with E-state index in [2.05, 4.69) is 10.2 Å². The van der Waals surface area contributed by atoms with Crippen LogP contribution in [0.4, 0.5) is 4.39 Å². The number of amides is 2. The fraction of sp³-hybridized carbons (Fsp3) is 0.391. The highest BCUT2D eigenvalue weighted by Gasteiger charge is 2.34. The first-order chi connectivity index (χ1) is 14.9. The monoisotopic (exact) mass is 463 g/mol.